The van der Waals surface area contributed by atoms with Crippen molar-refractivity contribution in [2.45, 2.75) is 31.1 Å². The van der Waals surface area contributed by atoms with Gasteiger partial charge >= 0.3 is 12.1 Å². The van der Waals surface area contributed by atoms with E-state index in [0.29, 0.717) is 6.61 Å². The van der Waals surface area contributed by atoms with Crippen molar-refractivity contribution in [1.82, 2.24) is 10.2 Å². The van der Waals surface area contributed by atoms with Crippen LogP contribution in [0.5, 0.6) is 11.5 Å². The van der Waals surface area contributed by atoms with Crippen LogP contribution in [0.25, 0.3) is 0 Å². The number of hydrogen-bond acceptors (Lipinski definition) is 5. The molecule has 2 heterocycles. The number of carboxylic acid groups (broad SMARTS) is 2. The van der Waals surface area contributed by atoms with Gasteiger partial charge in [0, 0.05) is 49.9 Å². The summed E-state index contributed by atoms with van der Waals surface area (Å²) in [5, 5.41) is 22.0. The molecule has 2 aromatic rings. The third-order valence-corrected chi connectivity index (χ3v) is 7.23. The van der Waals surface area contributed by atoms with Gasteiger partial charge in [-0.2, -0.15) is 0 Å². The molecule has 1 fully saturated rings. The van der Waals surface area contributed by atoms with Crippen molar-refractivity contribution < 1.29 is 34.1 Å². The van der Waals surface area contributed by atoms with E-state index in [4.69, 9.17) is 9.47 Å². The van der Waals surface area contributed by atoms with E-state index >= 15 is 0 Å². The van der Waals surface area contributed by atoms with E-state index in [1.165, 1.54) is 0 Å². The summed E-state index contributed by atoms with van der Waals surface area (Å²) in [5.74, 6) is -1.63. The number of unbranched alkanes of at least 4 members (excludes halogenated alkanes) is 1. The Morgan fingerprint density at radius 3 is 2.19 bits per heavy atom. The summed E-state index contributed by atoms with van der Waals surface area (Å²) in [6.45, 7) is 0.765. The second kappa shape index (κ2) is 11.0. The molecule has 9 heteroatoms. The Labute approximate surface area is 210 Å². The molecule has 2 amide bonds. The van der Waals surface area contributed by atoms with Crippen molar-refractivity contribution in [1.29, 1.82) is 0 Å². The number of nitrogens with one attached hydrogen (secondary N) is 1. The van der Waals surface area contributed by atoms with Crippen LogP contribution in [0, 0.1) is 11.8 Å². The number of amides is 2. The number of aliphatic carboxylic acids is 1. The number of likely N-dealkylation sites (tertiary alicyclic amines) is 1. The number of rotatable bonds is 9. The molecule has 4 rings (SSSR count). The molecule has 0 aliphatic carbocycles. The highest BCUT2D eigenvalue weighted by molar-refractivity contribution is 5.82. The maximum Gasteiger partial charge on any atom is 0.407 e. The number of nitrogens with zero attached hydrogens (tertiary/aromatic N) is 1. The van der Waals surface area contributed by atoms with Crippen LogP contribution in [0.2, 0.25) is 0 Å². The fourth-order valence-corrected chi connectivity index (χ4v) is 5.39. The highest BCUT2D eigenvalue weighted by Crippen LogP contribution is 2.50. The van der Waals surface area contributed by atoms with Gasteiger partial charge in [0.15, 0.2) is 0 Å². The Morgan fingerprint density at radius 2 is 1.61 bits per heavy atom. The van der Waals surface area contributed by atoms with Gasteiger partial charge < -0.3 is 29.9 Å². The molecule has 0 bridgehead atoms. The average Bonchev–Trinajstić information content (AvgIpc) is 2.89. The Kier molecular flexibility index (Phi) is 7.79. The summed E-state index contributed by atoms with van der Waals surface area (Å²) in [5.41, 5.74) is 1.38. The first-order valence-electron chi connectivity index (χ1n) is 12.2. The van der Waals surface area contributed by atoms with E-state index in [-0.39, 0.29) is 32.0 Å². The van der Waals surface area contributed by atoms with Gasteiger partial charge in [-0.3, -0.25) is 9.59 Å². The van der Waals surface area contributed by atoms with Crippen LogP contribution in [0.1, 0.15) is 36.8 Å². The van der Waals surface area contributed by atoms with Crippen LogP contribution < -0.4 is 10.1 Å². The Hall–Kier alpha value is -3.59. The number of hydrogen-bond donors (Lipinski definition) is 3. The fraction of sp³-hybridized carbons (Fsp3) is 0.444. The van der Waals surface area contributed by atoms with Gasteiger partial charge in [0.1, 0.15) is 11.5 Å². The first kappa shape index (κ1) is 25.5. The number of carbonyl (C=O) groups is 3. The van der Waals surface area contributed by atoms with E-state index in [1.807, 2.05) is 48.5 Å². The maximum absolute atomic E-state index is 13.3. The molecule has 0 saturated carbocycles. The number of carboxylic acids is 1. The molecule has 2 aromatic carbocycles. The van der Waals surface area contributed by atoms with E-state index in [0.717, 1.165) is 46.8 Å². The van der Waals surface area contributed by atoms with Gasteiger partial charge in [-0.25, -0.2) is 4.79 Å². The second-order valence-electron chi connectivity index (χ2n) is 9.50. The molecular weight excluding hydrogens is 464 g/mol. The predicted molar refractivity (Wildman–Crippen MR) is 131 cm³/mol. The molecule has 0 unspecified atom stereocenters. The number of carbonyl (C=O) groups excluding carboxylic acids is 1. The van der Waals surface area contributed by atoms with Crippen molar-refractivity contribution >= 4 is 18.0 Å². The third kappa shape index (κ3) is 5.16. The van der Waals surface area contributed by atoms with Crippen molar-refractivity contribution in [3.8, 4) is 11.5 Å². The molecule has 0 spiro atoms. The van der Waals surface area contributed by atoms with Crippen molar-refractivity contribution in [2.24, 2.45) is 11.8 Å². The molecule has 192 valence electrons. The average molecular weight is 497 g/mol. The molecule has 36 heavy (non-hydrogen) atoms. The second-order valence-corrected chi connectivity index (χ2v) is 9.50. The van der Waals surface area contributed by atoms with Gasteiger partial charge in [-0.15, -0.1) is 0 Å². The summed E-state index contributed by atoms with van der Waals surface area (Å²) >= 11 is 0. The highest BCUT2D eigenvalue weighted by atomic mass is 16.5. The van der Waals surface area contributed by atoms with Gasteiger partial charge in [0.25, 0.3) is 0 Å². The molecule has 0 aromatic heterocycles. The molecule has 3 N–H and O–H groups in total. The first-order chi connectivity index (χ1) is 17.4. The summed E-state index contributed by atoms with van der Waals surface area (Å²) in [6.07, 6.45) is 1.32. The van der Waals surface area contributed by atoms with E-state index < -0.39 is 29.3 Å². The van der Waals surface area contributed by atoms with Crippen LogP contribution in [0.3, 0.4) is 0 Å². The monoisotopic (exact) mass is 496 g/mol. The smallest absolute Gasteiger partial charge is 0.407 e. The molecule has 0 radical (unpaired) electrons. The van der Waals surface area contributed by atoms with Crippen LogP contribution in [-0.2, 0) is 19.7 Å². The number of methoxy groups -OCH3 is 1. The lowest BCUT2D eigenvalue weighted by Gasteiger charge is -2.41. The van der Waals surface area contributed by atoms with Gasteiger partial charge in [0.05, 0.1) is 11.8 Å². The van der Waals surface area contributed by atoms with E-state index in [2.05, 4.69) is 5.32 Å². The topological polar surface area (TPSA) is 125 Å². The standard InChI is InChI=1S/C27H32N2O7/c1-35-13-7-6-12-27(20-8-2-4-10-22(20)36-23-11-5-3-9-21(23)27)17-28-24(30)18-14-19(25(31)32)16-29(15-18)26(33)34/h2-5,8-11,18-19H,6-7,12-17H2,1H3,(H,28,30)(H,31,32)(H,33,34)/t18-,19-/m0/s1. The summed E-state index contributed by atoms with van der Waals surface area (Å²) in [4.78, 5) is 37.6. The Bertz CT molecular complexity index is 1050. The number of para-hydroxylation sites is 2. The third-order valence-electron chi connectivity index (χ3n) is 7.23. The molecular formula is C27H32N2O7. The van der Waals surface area contributed by atoms with Crippen LogP contribution >= 0.6 is 0 Å². The fourth-order valence-electron chi connectivity index (χ4n) is 5.39. The normalized spacial score (nSPS) is 20.0. The molecule has 2 atom stereocenters. The number of benzene rings is 2. The molecule has 9 nitrogen and oxygen atoms in total. The molecule has 1 saturated heterocycles. The minimum Gasteiger partial charge on any atom is -0.481 e. The lowest BCUT2D eigenvalue weighted by molar-refractivity contribution is -0.144. The zero-order chi connectivity index (χ0) is 25.7. The van der Waals surface area contributed by atoms with Crippen LogP contribution in [-0.4, -0.2) is 66.4 Å². The quantitative estimate of drug-likeness (QED) is 0.452. The predicted octanol–water partition coefficient (Wildman–Crippen LogP) is 3.71. The lowest BCUT2D eigenvalue weighted by atomic mass is 9.69. The van der Waals surface area contributed by atoms with Gasteiger partial charge in [0.2, 0.25) is 5.91 Å². The largest absolute Gasteiger partial charge is 0.481 e. The van der Waals surface area contributed by atoms with E-state index in [9.17, 15) is 24.6 Å². The number of fused-ring (bicyclic) bond motifs is 2. The maximum atomic E-state index is 13.3. The van der Waals surface area contributed by atoms with Crippen molar-refractivity contribution in [3.05, 3.63) is 59.7 Å². The Balaban J connectivity index is 1.63. The minimum atomic E-state index is -1.22. The highest BCUT2D eigenvalue weighted by Gasteiger charge is 2.43. The van der Waals surface area contributed by atoms with Crippen LogP contribution in [0.15, 0.2) is 48.5 Å². The summed E-state index contributed by atoms with van der Waals surface area (Å²) in [6, 6.07) is 15.6. The van der Waals surface area contributed by atoms with Crippen molar-refractivity contribution in [2.75, 3.05) is 33.4 Å². The zero-order valence-corrected chi connectivity index (χ0v) is 20.3. The molecule has 2 aliphatic heterocycles. The molecule has 2 aliphatic rings. The van der Waals surface area contributed by atoms with Crippen molar-refractivity contribution in [3.63, 3.8) is 0 Å². The van der Waals surface area contributed by atoms with Crippen LogP contribution in [0.4, 0.5) is 4.79 Å². The minimum absolute atomic E-state index is 0.0257. The Morgan fingerprint density at radius 1 is 1.00 bits per heavy atom. The lowest BCUT2D eigenvalue weighted by Crippen LogP contribution is -2.52. The number of ether oxygens (including phenoxy) is 2. The SMILES string of the molecule is COCCCCC1(CNC(=O)[C@H]2C[C@H](C(=O)O)CN(C(=O)O)C2)c2ccccc2Oc2ccccc21. The zero-order valence-electron chi connectivity index (χ0n) is 20.3. The first-order valence-corrected chi connectivity index (χ1v) is 12.2. The van der Waals surface area contributed by atoms with Gasteiger partial charge in [-0.05, 0) is 37.8 Å². The van der Waals surface area contributed by atoms with E-state index in [1.54, 1.807) is 7.11 Å². The summed E-state index contributed by atoms with van der Waals surface area (Å²) in [7, 11) is 1.67. The van der Waals surface area contributed by atoms with Gasteiger partial charge in [-0.1, -0.05) is 36.4 Å². The number of piperidine rings is 1. The summed E-state index contributed by atoms with van der Waals surface area (Å²) < 4.78 is 11.4.